The average molecular weight is 376 g/mol. The maximum atomic E-state index is 12.1. The van der Waals surface area contributed by atoms with Crippen molar-refractivity contribution in [1.29, 1.82) is 0 Å². The summed E-state index contributed by atoms with van der Waals surface area (Å²) in [5.41, 5.74) is 2.46. The van der Waals surface area contributed by atoms with Gasteiger partial charge in [-0.3, -0.25) is 4.79 Å². The van der Waals surface area contributed by atoms with E-state index in [1.807, 2.05) is 0 Å². The van der Waals surface area contributed by atoms with Crippen LogP contribution in [0.25, 0.3) is 0 Å². The van der Waals surface area contributed by atoms with Crippen molar-refractivity contribution < 1.29 is 14.3 Å². The lowest BCUT2D eigenvalue weighted by molar-refractivity contribution is -0.121. The Labute approximate surface area is 162 Å². The van der Waals surface area contributed by atoms with Gasteiger partial charge in [0.2, 0.25) is 5.91 Å². The zero-order valence-electron chi connectivity index (χ0n) is 17.0. The van der Waals surface area contributed by atoms with E-state index < -0.39 is 0 Å². The number of nitrogens with zero attached hydrogens (tertiary/aromatic N) is 1. The van der Waals surface area contributed by atoms with Crippen molar-refractivity contribution in [3.63, 3.8) is 0 Å². The number of likely N-dealkylation sites (tertiary alicyclic amines) is 1. The molecule has 0 unspecified atom stereocenters. The lowest BCUT2D eigenvalue weighted by Crippen LogP contribution is -2.46. The summed E-state index contributed by atoms with van der Waals surface area (Å²) in [6, 6.07) is 8.50. The van der Waals surface area contributed by atoms with Gasteiger partial charge in [-0.25, -0.2) is 4.79 Å². The molecule has 1 aromatic carbocycles. The lowest BCUT2D eigenvalue weighted by Gasteiger charge is -2.31. The van der Waals surface area contributed by atoms with Gasteiger partial charge in [0, 0.05) is 37.8 Å². The third-order valence-corrected chi connectivity index (χ3v) is 4.82. The number of amides is 2. The van der Waals surface area contributed by atoms with Gasteiger partial charge < -0.3 is 20.3 Å². The molecular formula is C21H33N3O3. The Kier molecular flexibility index (Phi) is 7.51. The van der Waals surface area contributed by atoms with Crippen molar-refractivity contribution in [3.8, 4) is 0 Å². The van der Waals surface area contributed by atoms with Gasteiger partial charge in [0.15, 0.2) is 0 Å². The summed E-state index contributed by atoms with van der Waals surface area (Å²) in [5.74, 6) is 0.0448. The molecule has 0 aromatic heterocycles. The van der Waals surface area contributed by atoms with Crippen molar-refractivity contribution in [3.05, 3.63) is 29.8 Å². The normalized spacial score (nSPS) is 15.3. The van der Waals surface area contributed by atoms with E-state index in [2.05, 4.69) is 55.7 Å². The van der Waals surface area contributed by atoms with Crippen LogP contribution in [0.5, 0.6) is 0 Å². The fourth-order valence-electron chi connectivity index (χ4n) is 3.13. The summed E-state index contributed by atoms with van der Waals surface area (Å²) >= 11 is 0. The van der Waals surface area contributed by atoms with Crippen LogP contribution < -0.4 is 10.6 Å². The molecule has 0 saturated carbocycles. The summed E-state index contributed by atoms with van der Waals surface area (Å²) in [4.78, 5) is 25.5. The molecule has 0 atom stereocenters. The van der Waals surface area contributed by atoms with E-state index >= 15 is 0 Å². The second kappa shape index (κ2) is 9.62. The van der Waals surface area contributed by atoms with Crippen LogP contribution in [0.4, 0.5) is 10.5 Å². The first-order valence-electron chi connectivity index (χ1n) is 9.85. The summed E-state index contributed by atoms with van der Waals surface area (Å²) in [7, 11) is 0. The Morgan fingerprint density at radius 2 is 1.78 bits per heavy atom. The first-order valence-corrected chi connectivity index (χ1v) is 9.85. The number of rotatable bonds is 6. The standard InChI is InChI=1S/C21H33N3O3/c1-5-27-20(26)24-14-11-18(12-15-24)23-19(25)10-13-22-17-8-6-16(7-9-17)21(2,3)4/h6-9,18,22H,5,10-15H2,1-4H3,(H,23,25). The monoisotopic (exact) mass is 375 g/mol. The molecule has 1 fully saturated rings. The minimum atomic E-state index is -0.260. The number of ether oxygens (including phenoxy) is 1. The highest BCUT2D eigenvalue weighted by molar-refractivity contribution is 5.77. The molecule has 0 radical (unpaired) electrons. The number of hydrogen-bond donors (Lipinski definition) is 2. The molecule has 6 heteroatoms. The van der Waals surface area contributed by atoms with Crippen LogP contribution in [0.3, 0.4) is 0 Å². The molecule has 0 bridgehead atoms. The van der Waals surface area contributed by atoms with E-state index in [0.717, 1.165) is 18.5 Å². The number of hydrogen-bond acceptors (Lipinski definition) is 4. The molecule has 1 saturated heterocycles. The third-order valence-electron chi connectivity index (χ3n) is 4.82. The second-order valence-corrected chi connectivity index (χ2v) is 8.03. The second-order valence-electron chi connectivity index (χ2n) is 8.03. The molecule has 1 aromatic rings. The highest BCUT2D eigenvalue weighted by Gasteiger charge is 2.24. The molecule has 1 aliphatic rings. The zero-order chi connectivity index (χ0) is 19.9. The van der Waals surface area contributed by atoms with Crippen LogP contribution in [-0.4, -0.2) is 49.2 Å². The van der Waals surface area contributed by atoms with Crippen LogP contribution in [0.15, 0.2) is 24.3 Å². The predicted octanol–water partition coefficient (Wildman–Crippen LogP) is 3.52. The van der Waals surface area contributed by atoms with Gasteiger partial charge in [0.05, 0.1) is 6.61 Å². The largest absolute Gasteiger partial charge is 0.450 e. The van der Waals surface area contributed by atoms with Crippen molar-refractivity contribution >= 4 is 17.7 Å². The molecule has 2 N–H and O–H groups in total. The van der Waals surface area contributed by atoms with Gasteiger partial charge in [0.1, 0.15) is 0 Å². The van der Waals surface area contributed by atoms with Gasteiger partial charge in [-0.15, -0.1) is 0 Å². The van der Waals surface area contributed by atoms with Gasteiger partial charge in [-0.2, -0.15) is 0 Å². The molecule has 2 rings (SSSR count). The molecule has 0 spiro atoms. The Balaban J connectivity index is 1.66. The van der Waals surface area contributed by atoms with Crippen molar-refractivity contribution in [2.24, 2.45) is 0 Å². The fourth-order valence-corrected chi connectivity index (χ4v) is 3.13. The zero-order valence-corrected chi connectivity index (χ0v) is 17.0. The Hall–Kier alpha value is -2.24. The minimum absolute atomic E-state index is 0.0448. The number of nitrogens with one attached hydrogen (secondary N) is 2. The van der Waals surface area contributed by atoms with Crippen LogP contribution in [0, 0.1) is 0 Å². The van der Waals surface area contributed by atoms with E-state index in [0.29, 0.717) is 32.7 Å². The Morgan fingerprint density at radius 1 is 1.15 bits per heavy atom. The molecule has 6 nitrogen and oxygen atoms in total. The van der Waals surface area contributed by atoms with Gasteiger partial charge in [-0.1, -0.05) is 32.9 Å². The summed E-state index contributed by atoms with van der Waals surface area (Å²) in [6.45, 7) is 10.6. The number of anilines is 1. The van der Waals surface area contributed by atoms with E-state index in [-0.39, 0.29) is 23.5 Å². The molecule has 1 aliphatic heterocycles. The van der Waals surface area contributed by atoms with Crippen molar-refractivity contribution in [2.45, 2.75) is 58.4 Å². The molecule has 2 amide bonds. The quantitative estimate of drug-likeness (QED) is 0.798. The number of carbonyl (C=O) groups is 2. The van der Waals surface area contributed by atoms with Gasteiger partial charge >= 0.3 is 6.09 Å². The van der Waals surface area contributed by atoms with Crippen LogP contribution in [0.1, 0.15) is 52.5 Å². The lowest BCUT2D eigenvalue weighted by atomic mass is 9.87. The molecule has 150 valence electrons. The number of carbonyl (C=O) groups excluding carboxylic acids is 2. The first kappa shape index (κ1) is 21.1. The highest BCUT2D eigenvalue weighted by Crippen LogP contribution is 2.23. The first-order chi connectivity index (χ1) is 12.8. The topological polar surface area (TPSA) is 70.7 Å². The molecular weight excluding hydrogens is 342 g/mol. The molecule has 0 aliphatic carbocycles. The average Bonchev–Trinajstić information content (AvgIpc) is 2.62. The van der Waals surface area contributed by atoms with Crippen LogP contribution >= 0.6 is 0 Å². The molecule has 27 heavy (non-hydrogen) atoms. The third kappa shape index (κ3) is 6.77. The highest BCUT2D eigenvalue weighted by atomic mass is 16.6. The van der Waals surface area contributed by atoms with Crippen molar-refractivity contribution in [2.75, 3.05) is 31.6 Å². The Bertz CT molecular complexity index is 615. The van der Waals surface area contributed by atoms with Gasteiger partial charge in [-0.05, 0) is 42.9 Å². The smallest absolute Gasteiger partial charge is 0.409 e. The molecule has 1 heterocycles. The summed E-state index contributed by atoms with van der Waals surface area (Å²) < 4.78 is 5.01. The van der Waals surface area contributed by atoms with E-state index in [4.69, 9.17) is 4.74 Å². The van der Waals surface area contributed by atoms with E-state index in [1.54, 1.807) is 11.8 Å². The van der Waals surface area contributed by atoms with E-state index in [9.17, 15) is 9.59 Å². The maximum absolute atomic E-state index is 12.1. The van der Waals surface area contributed by atoms with Crippen LogP contribution in [-0.2, 0) is 14.9 Å². The number of piperidine rings is 1. The predicted molar refractivity (Wildman–Crippen MR) is 108 cm³/mol. The fraction of sp³-hybridized carbons (Fsp3) is 0.619. The SMILES string of the molecule is CCOC(=O)N1CCC(NC(=O)CCNc2ccc(C(C)(C)C)cc2)CC1. The summed E-state index contributed by atoms with van der Waals surface area (Å²) in [5, 5.41) is 6.37. The Morgan fingerprint density at radius 3 is 2.33 bits per heavy atom. The maximum Gasteiger partial charge on any atom is 0.409 e. The summed E-state index contributed by atoms with van der Waals surface area (Å²) in [6.07, 6.45) is 1.71. The van der Waals surface area contributed by atoms with Crippen molar-refractivity contribution in [1.82, 2.24) is 10.2 Å². The number of benzene rings is 1. The van der Waals surface area contributed by atoms with Crippen LogP contribution in [0.2, 0.25) is 0 Å². The van der Waals surface area contributed by atoms with E-state index in [1.165, 1.54) is 5.56 Å². The van der Waals surface area contributed by atoms with Gasteiger partial charge in [0.25, 0.3) is 0 Å². The minimum Gasteiger partial charge on any atom is -0.450 e.